The molecule has 0 bridgehead atoms. The Hall–Kier alpha value is -0.870. The van der Waals surface area contributed by atoms with Crippen molar-refractivity contribution in [2.45, 2.75) is 38.1 Å². The summed E-state index contributed by atoms with van der Waals surface area (Å²) in [6, 6.07) is 11.1. The molecule has 3 rings (SSSR count). The number of guanidine groups is 1. The Morgan fingerprint density at radius 1 is 1.21 bits per heavy atom. The lowest BCUT2D eigenvalue weighted by Gasteiger charge is -2.32. The molecule has 29 heavy (non-hydrogen) atoms. The molecule has 6 nitrogen and oxygen atoms in total. The zero-order chi connectivity index (χ0) is 20.0. The van der Waals surface area contributed by atoms with Gasteiger partial charge in [-0.3, -0.25) is 4.99 Å². The number of sulfone groups is 1. The first-order valence-electron chi connectivity index (χ1n) is 10.4. The van der Waals surface area contributed by atoms with Gasteiger partial charge in [0.05, 0.1) is 5.75 Å². The number of piperidine rings is 1. The minimum absolute atomic E-state index is 0. The summed E-state index contributed by atoms with van der Waals surface area (Å²) in [7, 11) is -2.88. The van der Waals surface area contributed by atoms with E-state index < -0.39 is 9.84 Å². The Balaban J connectivity index is 0.00000300. The molecule has 1 aromatic rings. The molecule has 1 aliphatic carbocycles. The van der Waals surface area contributed by atoms with Crippen molar-refractivity contribution in [3.05, 3.63) is 35.9 Å². The van der Waals surface area contributed by atoms with E-state index in [0.29, 0.717) is 24.4 Å². The van der Waals surface area contributed by atoms with E-state index in [1.807, 2.05) is 0 Å². The molecule has 1 heterocycles. The molecule has 0 aromatic heterocycles. The van der Waals surface area contributed by atoms with E-state index in [9.17, 15) is 8.42 Å². The third-order valence-electron chi connectivity index (χ3n) is 5.69. The standard InChI is InChI=1S/C21H34N4O2S.HI/c1-3-22-21(23-16-18-15-20(18)17-7-5-4-6-8-17)24-19-9-11-25(12-10-19)13-14-28(2,26)27;/h4-8,18-20H,3,9-16H2,1-2H3,(H2,22,23,24);1H. The van der Waals surface area contributed by atoms with Gasteiger partial charge in [-0.25, -0.2) is 8.42 Å². The van der Waals surface area contributed by atoms with Crippen LogP contribution in [0.4, 0.5) is 0 Å². The minimum Gasteiger partial charge on any atom is -0.357 e. The maximum atomic E-state index is 11.3. The molecule has 2 unspecified atom stereocenters. The quantitative estimate of drug-likeness (QED) is 0.305. The number of rotatable bonds is 8. The Labute approximate surface area is 192 Å². The van der Waals surface area contributed by atoms with Gasteiger partial charge < -0.3 is 15.5 Å². The molecule has 0 spiro atoms. The Morgan fingerprint density at radius 3 is 2.52 bits per heavy atom. The summed E-state index contributed by atoms with van der Waals surface area (Å²) in [6.45, 7) is 6.32. The van der Waals surface area contributed by atoms with Gasteiger partial charge in [0.2, 0.25) is 0 Å². The largest absolute Gasteiger partial charge is 0.357 e. The van der Waals surface area contributed by atoms with Gasteiger partial charge in [0, 0.05) is 45.0 Å². The van der Waals surface area contributed by atoms with E-state index in [-0.39, 0.29) is 29.7 Å². The lowest BCUT2D eigenvalue weighted by molar-refractivity contribution is 0.216. The summed E-state index contributed by atoms with van der Waals surface area (Å²) in [6.07, 6.45) is 4.57. The van der Waals surface area contributed by atoms with Crippen LogP contribution in [0.2, 0.25) is 0 Å². The van der Waals surface area contributed by atoms with Gasteiger partial charge in [-0.05, 0) is 43.6 Å². The number of nitrogens with zero attached hydrogens (tertiary/aromatic N) is 2. The van der Waals surface area contributed by atoms with Crippen LogP contribution in [0.15, 0.2) is 35.3 Å². The topological polar surface area (TPSA) is 73.8 Å². The van der Waals surface area contributed by atoms with Crippen LogP contribution >= 0.6 is 24.0 Å². The highest BCUT2D eigenvalue weighted by molar-refractivity contribution is 14.0. The molecule has 2 fully saturated rings. The molecule has 0 radical (unpaired) electrons. The number of halogens is 1. The fraction of sp³-hybridized carbons (Fsp3) is 0.667. The summed E-state index contributed by atoms with van der Waals surface area (Å²) < 4.78 is 22.7. The Kier molecular flexibility index (Phi) is 9.68. The van der Waals surface area contributed by atoms with Crippen LogP contribution in [-0.2, 0) is 9.84 Å². The van der Waals surface area contributed by atoms with E-state index in [1.165, 1.54) is 18.2 Å². The molecule has 164 valence electrons. The van der Waals surface area contributed by atoms with Crippen molar-refractivity contribution in [1.82, 2.24) is 15.5 Å². The van der Waals surface area contributed by atoms with Gasteiger partial charge in [-0.1, -0.05) is 30.3 Å². The lowest BCUT2D eigenvalue weighted by Crippen LogP contribution is -2.49. The van der Waals surface area contributed by atoms with Crippen molar-refractivity contribution >= 4 is 39.8 Å². The van der Waals surface area contributed by atoms with Gasteiger partial charge in [0.1, 0.15) is 9.84 Å². The van der Waals surface area contributed by atoms with Gasteiger partial charge in [-0.15, -0.1) is 24.0 Å². The monoisotopic (exact) mass is 534 g/mol. The zero-order valence-electron chi connectivity index (χ0n) is 17.5. The van der Waals surface area contributed by atoms with Crippen molar-refractivity contribution < 1.29 is 8.42 Å². The number of aliphatic imine (C=N–C) groups is 1. The van der Waals surface area contributed by atoms with Crippen molar-refractivity contribution in [2.75, 3.05) is 44.7 Å². The zero-order valence-corrected chi connectivity index (χ0v) is 20.7. The molecule has 2 atom stereocenters. The van der Waals surface area contributed by atoms with Crippen LogP contribution in [-0.4, -0.2) is 70.1 Å². The highest BCUT2D eigenvalue weighted by Crippen LogP contribution is 2.47. The highest BCUT2D eigenvalue weighted by atomic mass is 127. The van der Waals surface area contributed by atoms with Crippen molar-refractivity contribution in [1.29, 1.82) is 0 Å². The van der Waals surface area contributed by atoms with Crippen molar-refractivity contribution in [3.63, 3.8) is 0 Å². The summed E-state index contributed by atoms with van der Waals surface area (Å²) in [4.78, 5) is 7.08. The third-order valence-corrected chi connectivity index (χ3v) is 6.61. The fourth-order valence-electron chi connectivity index (χ4n) is 3.88. The number of hydrogen-bond donors (Lipinski definition) is 2. The summed E-state index contributed by atoms with van der Waals surface area (Å²) in [5, 5.41) is 6.95. The second-order valence-corrected chi connectivity index (χ2v) is 10.4. The predicted molar refractivity (Wildman–Crippen MR) is 131 cm³/mol. The minimum atomic E-state index is -2.88. The van der Waals surface area contributed by atoms with E-state index in [0.717, 1.165) is 45.0 Å². The van der Waals surface area contributed by atoms with Crippen molar-refractivity contribution in [2.24, 2.45) is 10.9 Å². The van der Waals surface area contributed by atoms with Crippen LogP contribution < -0.4 is 10.6 Å². The average Bonchev–Trinajstić information content (AvgIpc) is 3.46. The molecule has 2 N–H and O–H groups in total. The summed E-state index contributed by atoms with van der Waals surface area (Å²) in [5.41, 5.74) is 1.43. The van der Waals surface area contributed by atoms with Crippen molar-refractivity contribution in [3.8, 4) is 0 Å². The summed E-state index contributed by atoms with van der Waals surface area (Å²) in [5.74, 6) is 2.47. The van der Waals surface area contributed by atoms with Crippen LogP contribution in [0.25, 0.3) is 0 Å². The molecule has 8 heteroatoms. The van der Waals surface area contributed by atoms with Crippen LogP contribution in [0.1, 0.15) is 37.7 Å². The van der Waals surface area contributed by atoms with E-state index in [2.05, 4.69) is 52.8 Å². The lowest BCUT2D eigenvalue weighted by atomic mass is 10.1. The van der Waals surface area contributed by atoms with Gasteiger partial charge >= 0.3 is 0 Å². The number of nitrogens with one attached hydrogen (secondary N) is 2. The smallest absolute Gasteiger partial charge is 0.191 e. The highest BCUT2D eigenvalue weighted by Gasteiger charge is 2.37. The molecular formula is C21H35IN4O2S. The molecule has 0 amide bonds. The Morgan fingerprint density at radius 2 is 1.90 bits per heavy atom. The first kappa shape index (κ1) is 24.4. The fourth-order valence-corrected chi connectivity index (χ4v) is 4.47. The summed E-state index contributed by atoms with van der Waals surface area (Å²) >= 11 is 0. The molecule has 2 aliphatic rings. The number of likely N-dealkylation sites (tertiary alicyclic amines) is 1. The van der Waals surface area contributed by atoms with E-state index in [1.54, 1.807) is 0 Å². The van der Waals surface area contributed by atoms with E-state index >= 15 is 0 Å². The maximum absolute atomic E-state index is 11.3. The average molecular weight is 535 g/mol. The SMILES string of the molecule is CCNC(=NCC1CC1c1ccccc1)NC1CCN(CCS(C)(=O)=O)CC1.I. The predicted octanol–water partition coefficient (Wildman–Crippen LogP) is 2.47. The second-order valence-electron chi connectivity index (χ2n) is 8.12. The molecular weight excluding hydrogens is 499 g/mol. The molecule has 1 saturated carbocycles. The molecule has 1 aliphatic heterocycles. The number of benzene rings is 1. The normalized spacial score (nSPS) is 23.3. The van der Waals surface area contributed by atoms with E-state index in [4.69, 9.17) is 4.99 Å². The maximum Gasteiger partial charge on any atom is 0.191 e. The third kappa shape index (κ3) is 8.41. The second kappa shape index (κ2) is 11.5. The van der Waals surface area contributed by atoms with Gasteiger partial charge in [0.25, 0.3) is 0 Å². The number of hydrogen-bond acceptors (Lipinski definition) is 4. The molecule has 1 aromatic carbocycles. The van der Waals surface area contributed by atoms with Crippen LogP contribution in [0, 0.1) is 5.92 Å². The first-order chi connectivity index (χ1) is 13.4. The Bertz CT molecular complexity index is 749. The van der Waals surface area contributed by atoms with Crippen LogP contribution in [0.3, 0.4) is 0 Å². The molecule has 1 saturated heterocycles. The van der Waals surface area contributed by atoms with Crippen LogP contribution in [0.5, 0.6) is 0 Å². The van der Waals surface area contributed by atoms with Gasteiger partial charge in [0.15, 0.2) is 5.96 Å². The first-order valence-corrected chi connectivity index (χ1v) is 12.5. The van der Waals surface area contributed by atoms with Gasteiger partial charge in [-0.2, -0.15) is 0 Å².